The lowest BCUT2D eigenvalue weighted by Gasteiger charge is -2.32. The van der Waals surface area contributed by atoms with Crippen molar-refractivity contribution in [2.24, 2.45) is 0 Å². The topological polar surface area (TPSA) is 75.9 Å². The number of fused-ring (bicyclic) bond motifs is 1. The van der Waals surface area contributed by atoms with Gasteiger partial charge >= 0.3 is 0 Å². The molecule has 2 aromatic heterocycles. The van der Waals surface area contributed by atoms with Crippen molar-refractivity contribution in [2.45, 2.75) is 19.5 Å². The van der Waals surface area contributed by atoms with Crippen LogP contribution in [0.5, 0.6) is 0 Å². The summed E-state index contributed by atoms with van der Waals surface area (Å²) in [6.45, 7) is 3.43. The molecule has 3 aromatic rings. The second kappa shape index (κ2) is 6.95. The molecule has 7 heteroatoms. The lowest BCUT2D eigenvalue weighted by atomic mass is 10.1. The van der Waals surface area contributed by atoms with E-state index in [1.54, 1.807) is 12.4 Å². The van der Waals surface area contributed by atoms with E-state index >= 15 is 0 Å². The van der Waals surface area contributed by atoms with E-state index in [4.69, 9.17) is 0 Å². The molecular formula is C19H20N6O. The number of benzene rings is 1. The number of anilines is 1. The molecule has 1 aliphatic heterocycles. The van der Waals surface area contributed by atoms with E-state index in [9.17, 15) is 4.79 Å². The number of hydrogen-bond donors (Lipinski definition) is 1. The summed E-state index contributed by atoms with van der Waals surface area (Å²) < 4.78 is 2.13. The van der Waals surface area contributed by atoms with Crippen LogP contribution in [0.15, 0.2) is 54.9 Å². The minimum absolute atomic E-state index is 0.0382. The van der Waals surface area contributed by atoms with Gasteiger partial charge < -0.3 is 14.8 Å². The van der Waals surface area contributed by atoms with Crippen LogP contribution in [0.2, 0.25) is 0 Å². The summed E-state index contributed by atoms with van der Waals surface area (Å²) in [6, 6.07) is 13.9. The molecule has 1 N–H and O–H groups in total. The molecule has 0 spiro atoms. The molecule has 0 fully saturated rings. The SMILES string of the molecule is C[C@H]1CN(C(=O)CNc2cccnc2)Cc2nnc(-c3ccccc3)n21. The van der Waals surface area contributed by atoms with Crippen molar-refractivity contribution < 1.29 is 4.79 Å². The number of hydrogen-bond acceptors (Lipinski definition) is 5. The Bertz CT molecular complexity index is 893. The highest BCUT2D eigenvalue weighted by Crippen LogP contribution is 2.27. The highest BCUT2D eigenvalue weighted by molar-refractivity contribution is 5.81. The zero-order chi connectivity index (χ0) is 17.9. The molecule has 0 saturated heterocycles. The van der Waals surface area contributed by atoms with Gasteiger partial charge in [-0.05, 0) is 19.1 Å². The van der Waals surface area contributed by atoms with Gasteiger partial charge in [0, 0.05) is 24.5 Å². The zero-order valence-electron chi connectivity index (χ0n) is 14.5. The highest BCUT2D eigenvalue weighted by Gasteiger charge is 2.29. The first kappa shape index (κ1) is 16.3. The minimum atomic E-state index is 0.0382. The molecule has 132 valence electrons. The van der Waals surface area contributed by atoms with Crippen LogP contribution in [0, 0.1) is 0 Å². The summed E-state index contributed by atoms with van der Waals surface area (Å²) in [5, 5.41) is 11.8. The molecule has 1 amide bonds. The van der Waals surface area contributed by atoms with Crippen molar-refractivity contribution in [3.05, 3.63) is 60.7 Å². The van der Waals surface area contributed by atoms with Crippen molar-refractivity contribution in [3.63, 3.8) is 0 Å². The number of carbonyl (C=O) groups is 1. The van der Waals surface area contributed by atoms with E-state index < -0.39 is 0 Å². The smallest absolute Gasteiger partial charge is 0.242 e. The van der Waals surface area contributed by atoms with Gasteiger partial charge in [-0.15, -0.1) is 10.2 Å². The van der Waals surface area contributed by atoms with Crippen LogP contribution < -0.4 is 5.32 Å². The summed E-state index contributed by atoms with van der Waals surface area (Å²) in [6.07, 6.45) is 3.41. The Kier molecular flexibility index (Phi) is 4.35. The molecule has 0 radical (unpaired) electrons. The van der Waals surface area contributed by atoms with Gasteiger partial charge in [0.15, 0.2) is 11.6 Å². The molecule has 1 aliphatic rings. The van der Waals surface area contributed by atoms with E-state index in [0.29, 0.717) is 13.1 Å². The monoisotopic (exact) mass is 348 g/mol. The van der Waals surface area contributed by atoms with Crippen LogP contribution in [0.25, 0.3) is 11.4 Å². The normalized spacial score (nSPS) is 16.2. The van der Waals surface area contributed by atoms with Crippen LogP contribution in [0.4, 0.5) is 5.69 Å². The van der Waals surface area contributed by atoms with Gasteiger partial charge in [0.1, 0.15) is 0 Å². The Balaban J connectivity index is 1.48. The molecule has 0 bridgehead atoms. The number of amides is 1. The molecule has 4 rings (SSSR count). The second-order valence-corrected chi connectivity index (χ2v) is 6.39. The van der Waals surface area contributed by atoms with Gasteiger partial charge in [0.2, 0.25) is 5.91 Å². The van der Waals surface area contributed by atoms with Crippen molar-refractivity contribution >= 4 is 11.6 Å². The third kappa shape index (κ3) is 3.15. The predicted octanol–water partition coefficient (Wildman–Crippen LogP) is 2.36. The minimum Gasteiger partial charge on any atom is -0.375 e. The summed E-state index contributed by atoms with van der Waals surface area (Å²) in [4.78, 5) is 18.5. The third-order valence-corrected chi connectivity index (χ3v) is 4.51. The fraction of sp³-hybridized carbons (Fsp3) is 0.263. The average molecular weight is 348 g/mol. The Labute approximate surface area is 151 Å². The van der Waals surface area contributed by atoms with E-state index in [0.717, 1.165) is 22.9 Å². The molecule has 26 heavy (non-hydrogen) atoms. The van der Waals surface area contributed by atoms with Crippen LogP contribution in [0.3, 0.4) is 0 Å². The fourth-order valence-corrected chi connectivity index (χ4v) is 3.26. The number of carbonyl (C=O) groups excluding carboxylic acids is 1. The molecule has 0 saturated carbocycles. The number of pyridine rings is 1. The van der Waals surface area contributed by atoms with Crippen molar-refractivity contribution in [1.29, 1.82) is 0 Å². The summed E-state index contributed by atoms with van der Waals surface area (Å²) >= 11 is 0. The Hall–Kier alpha value is -3.22. The summed E-state index contributed by atoms with van der Waals surface area (Å²) in [7, 11) is 0. The van der Waals surface area contributed by atoms with Crippen LogP contribution in [-0.4, -0.2) is 43.6 Å². The average Bonchev–Trinajstić information content (AvgIpc) is 3.12. The zero-order valence-corrected chi connectivity index (χ0v) is 14.5. The molecule has 1 aromatic carbocycles. The summed E-state index contributed by atoms with van der Waals surface area (Å²) in [5.41, 5.74) is 1.87. The number of nitrogens with zero attached hydrogens (tertiary/aromatic N) is 5. The molecule has 0 unspecified atom stereocenters. The molecule has 1 atom stereocenters. The largest absolute Gasteiger partial charge is 0.375 e. The highest BCUT2D eigenvalue weighted by atomic mass is 16.2. The maximum Gasteiger partial charge on any atom is 0.242 e. The van der Waals surface area contributed by atoms with E-state index in [2.05, 4.69) is 32.0 Å². The Morgan fingerprint density at radius 1 is 1.19 bits per heavy atom. The molecule has 7 nitrogen and oxygen atoms in total. The van der Waals surface area contributed by atoms with Crippen LogP contribution in [-0.2, 0) is 11.3 Å². The fourth-order valence-electron chi connectivity index (χ4n) is 3.26. The van der Waals surface area contributed by atoms with E-state index in [1.807, 2.05) is 47.4 Å². The summed E-state index contributed by atoms with van der Waals surface area (Å²) in [5.74, 6) is 1.71. The first-order valence-electron chi connectivity index (χ1n) is 8.63. The predicted molar refractivity (Wildman–Crippen MR) is 98.3 cm³/mol. The maximum atomic E-state index is 12.6. The van der Waals surface area contributed by atoms with Gasteiger partial charge in [0.25, 0.3) is 0 Å². The van der Waals surface area contributed by atoms with Crippen LogP contribution >= 0.6 is 0 Å². The van der Waals surface area contributed by atoms with Gasteiger partial charge in [-0.3, -0.25) is 9.78 Å². The number of rotatable bonds is 4. The number of aromatic nitrogens is 4. The van der Waals surface area contributed by atoms with E-state index in [1.165, 1.54) is 0 Å². The maximum absolute atomic E-state index is 12.6. The quantitative estimate of drug-likeness (QED) is 0.783. The molecule has 0 aliphatic carbocycles. The van der Waals surface area contributed by atoms with Crippen LogP contribution in [0.1, 0.15) is 18.8 Å². The standard InChI is InChI=1S/C19H20N6O/c1-14-12-24(18(26)11-21-16-8-5-9-20-10-16)13-17-22-23-19(25(14)17)15-6-3-2-4-7-15/h2-10,14,21H,11-13H2,1H3/t14-/m0/s1. The first-order chi connectivity index (χ1) is 12.7. The van der Waals surface area contributed by atoms with Crippen molar-refractivity contribution in [2.75, 3.05) is 18.4 Å². The van der Waals surface area contributed by atoms with Crippen molar-refractivity contribution in [3.8, 4) is 11.4 Å². The van der Waals surface area contributed by atoms with Gasteiger partial charge in [-0.2, -0.15) is 0 Å². The molecular weight excluding hydrogens is 328 g/mol. The van der Waals surface area contributed by atoms with Crippen molar-refractivity contribution in [1.82, 2.24) is 24.6 Å². The lowest BCUT2D eigenvalue weighted by Crippen LogP contribution is -2.43. The Morgan fingerprint density at radius 3 is 2.81 bits per heavy atom. The Morgan fingerprint density at radius 2 is 2.04 bits per heavy atom. The second-order valence-electron chi connectivity index (χ2n) is 6.39. The van der Waals surface area contributed by atoms with Gasteiger partial charge in [0.05, 0.1) is 24.8 Å². The third-order valence-electron chi connectivity index (χ3n) is 4.51. The van der Waals surface area contributed by atoms with Gasteiger partial charge in [-0.25, -0.2) is 0 Å². The van der Waals surface area contributed by atoms with Gasteiger partial charge in [-0.1, -0.05) is 30.3 Å². The number of nitrogens with one attached hydrogen (secondary N) is 1. The first-order valence-corrected chi connectivity index (χ1v) is 8.63. The lowest BCUT2D eigenvalue weighted by molar-refractivity contribution is -0.131. The molecule has 3 heterocycles. The van der Waals surface area contributed by atoms with E-state index in [-0.39, 0.29) is 18.5 Å².